The molecule has 0 bridgehead atoms. The van der Waals surface area contributed by atoms with E-state index in [1.807, 2.05) is 24.4 Å². The number of nitrogens with zero attached hydrogens (tertiary/aromatic N) is 1. The summed E-state index contributed by atoms with van der Waals surface area (Å²) < 4.78 is 10.6. The van der Waals surface area contributed by atoms with Gasteiger partial charge in [-0.15, -0.1) is 22.7 Å². The summed E-state index contributed by atoms with van der Waals surface area (Å²) in [6.45, 7) is 1.96. The van der Waals surface area contributed by atoms with Gasteiger partial charge in [0.05, 0.1) is 29.8 Å². The number of hydrogen-bond donors (Lipinski definition) is 1. The van der Waals surface area contributed by atoms with Crippen molar-refractivity contribution < 1.29 is 14.3 Å². The number of halogens is 1. The topological polar surface area (TPSA) is 48.4 Å². The third-order valence-corrected chi connectivity index (χ3v) is 6.24. The number of benzene rings is 1. The van der Waals surface area contributed by atoms with Crippen LogP contribution in [-0.4, -0.2) is 24.3 Å². The average Bonchev–Trinajstić information content (AvgIpc) is 3.21. The fraction of sp³-hybridized carbons (Fsp3) is 0.176. The molecule has 2 aromatic heterocycles. The number of thiol groups is 1. The summed E-state index contributed by atoms with van der Waals surface area (Å²) in [4.78, 5) is 17.8. The molecule has 0 aliphatic heterocycles. The number of rotatable bonds is 5. The van der Waals surface area contributed by atoms with Crippen molar-refractivity contribution in [2.75, 3.05) is 14.2 Å². The maximum atomic E-state index is 11.5. The second kappa shape index (κ2) is 7.37. The van der Waals surface area contributed by atoms with E-state index < -0.39 is 0 Å². The van der Waals surface area contributed by atoms with Gasteiger partial charge in [-0.2, -0.15) is 0 Å². The lowest BCUT2D eigenvalue weighted by molar-refractivity contribution is 0.109. The monoisotopic (exact) mass is 411 g/mol. The van der Waals surface area contributed by atoms with Gasteiger partial charge in [-0.25, -0.2) is 4.98 Å². The number of thiazole rings is 1. The van der Waals surface area contributed by atoms with Crippen molar-refractivity contribution in [1.29, 1.82) is 0 Å². The Balaban J connectivity index is 2.04. The van der Waals surface area contributed by atoms with Gasteiger partial charge in [0.25, 0.3) is 0 Å². The molecule has 0 saturated heterocycles. The first kappa shape index (κ1) is 18.3. The Morgan fingerprint density at radius 2 is 1.84 bits per heavy atom. The lowest BCUT2D eigenvalue weighted by atomic mass is 10.1. The minimum absolute atomic E-state index is 0.237. The van der Waals surface area contributed by atoms with E-state index >= 15 is 0 Å². The molecule has 8 heteroatoms. The predicted molar refractivity (Wildman–Crippen MR) is 107 cm³/mol. The van der Waals surface area contributed by atoms with Crippen molar-refractivity contribution in [2.24, 2.45) is 0 Å². The quantitative estimate of drug-likeness (QED) is 0.556. The van der Waals surface area contributed by atoms with E-state index in [0.717, 1.165) is 26.7 Å². The number of ether oxygens (including phenoxy) is 2. The standard InChI is InChI=1S/C17H14ClNO3S3/c1-8-9(5-15(25-8)17(20)23)16-19-12(7-24-16)10-4-13(21-2)14(22-3)6-11(10)18/h4-7H,1-3H3,(H,20,23). The van der Waals surface area contributed by atoms with Crippen molar-refractivity contribution in [3.8, 4) is 33.3 Å². The molecule has 130 valence electrons. The van der Waals surface area contributed by atoms with Crippen LogP contribution in [0.15, 0.2) is 23.6 Å². The molecule has 0 aliphatic rings. The van der Waals surface area contributed by atoms with E-state index in [2.05, 4.69) is 17.6 Å². The minimum atomic E-state index is -0.237. The third-order valence-electron chi connectivity index (χ3n) is 3.61. The van der Waals surface area contributed by atoms with Gasteiger partial charge in [-0.1, -0.05) is 24.2 Å². The summed E-state index contributed by atoms with van der Waals surface area (Å²) >= 11 is 13.2. The highest BCUT2D eigenvalue weighted by Crippen LogP contribution is 2.41. The van der Waals surface area contributed by atoms with Crippen molar-refractivity contribution in [2.45, 2.75) is 6.92 Å². The number of thiophene rings is 1. The second-order valence-electron chi connectivity index (χ2n) is 5.11. The first-order valence-electron chi connectivity index (χ1n) is 7.16. The Bertz CT molecular complexity index is 949. The van der Waals surface area contributed by atoms with Gasteiger partial charge in [0.15, 0.2) is 11.5 Å². The maximum absolute atomic E-state index is 11.5. The number of carbonyl (C=O) groups is 1. The molecule has 0 spiro atoms. The highest BCUT2D eigenvalue weighted by Gasteiger charge is 2.17. The van der Waals surface area contributed by atoms with Gasteiger partial charge in [-0.05, 0) is 19.1 Å². The smallest absolute Gasteiger partial charge is 0.226 e. The zero-order valence-electron chi connectivity index (χ0n) is 13.6. The predicted octanol–water partition coefficient (Wildman–Crippen LogP) is 5.59. The van der Waals surface area contributed by atoms with Crippen LogP contribution in [0.3, 0.4) is 0 Å². The van der Waals surface area contributed by atoms with Crippen LogP contribution in [0, 0.1) is 6.92 Å². The molecule has 0 amide bonds. The summed E-state index contributed by atoms with van der Waals surface area (Å²) in [6.07, 6.45) is 0. The molecule has 0 fully saturated rings. The second-order valence-corrected chi connectivity index (χ2v) is 8.04. The number of hydrogen-bond acceptors (Lipinski definition) is 6. The Kier molecular flexibility index (Phi) is 5.38. The van der Waals surface area contributed by atoms with Crippen LogP contribution in [0.2, 0.25) is 5.02 Å². The fourth-order valence-electron chi connectivity index (χ4n) is 2.37. The van der Waals surface area contributed by atoms with Gasteiger partial charge in [0.2, 0.25) is 5.12 Å². The largest absolute Gasteiger partial charge is 0.493 e. The lowest BCUT2D eigenvalue weighted by Gasteiger charge is -2.10. The highest BCUT2D eigenvalue weighted by atomic mass is 35.5. The molecule has 4 nitrogen and oxygen atoms in total. The first-order valence-corrected chi connectivity index (χ1v) is 9.68. The van der Waals surface area contributed by atoms with Crippen LogP contribution in [0.4, 0.5) is 0 Å². The van der Waals surface area contributed by atoms with E-state index in [1.165, 1.54) is 22.7 Å². The molecule has 1 aromatic carbocycles. The van der Waals surface area contributed by atoms with Gasteiger partial charge >= 0.3 is 0 Å². The Morgan fingerprint density at radius 1 is 1.16 bits per heavy atom. The molecule has 0 saturated carbocycles. The molecule has 0 atom stereocenters. The van der Waals surface area contributed by atoms with Crippen molar-refractivity contribution >= 4 is 52.0 Å². The SMILES string of the molecule is COc1cc(Cl)c(-c2csc(-c3cc(C(=O)S)sc3C)n2)cc1OC. The first-order chi connectivity index (χ1) is 11.9. The number of aryl methyl sites for hydroxylation is 1. The van der Waals surface area contributed by atoms with E-state index in [4.69, 9.17) is 21.1 Å². The normalized spacial score (nSPS) is 10.8. The molecule has 25 heavy (non-hydrogen) atoms. The number of methoxy groups -OCH3 is 2. The lowest BCUT2D eigenvalue weighted by Crippen LogP contribution is -1.92. The molecule has 0 unspecified atom stereocenters. The third kappa shape index (κ3) is 3.55. The maximum Gasteiger partial charge on any atom is 0.226 e. The zero-order valence-corrected chi connectivity index (χ0v) is 16.9. The number of aromatic nitrogens is 1. The van der Waals surface area contributed by atoms with Crippen molar-refractivity contribution in [3.63, 3.8) is 0 Å². The molecule has 2 heterocycles. The van der Waals surface area contributed by atoms with Crippen molar-refractivity contribution in [3.05, 3.63) is 38.4 Å². The van der Waals surface area contributed by atoms with Crippen LogP contribution < -0.4 is 9.47 Å². The molecule has 3 aromatic rings. The van der Waals surface area contributed by atoms with Gasteiger partial charge in [-0.3, -0.25) is 4.79 Å². The average molecular weight is 412 g/mol. The van der Waals surface area contributed by atoms with Gasteiger partial charge < -0.3 is 9.47 Å². The van der Waals surface area contributed by atoms with Crippen LogP contribution >= 0.6 is 46.9 Å². The molecule has 3 rings (SSSR count). The minimum Gasteiger partial charge on any atom is -0.493 e. The van der Waals surface area contributed by atoms with Crippen LogP contribution in [-0.2, 0) is 0 Å². The molecule has 0 aliphatic carbocycles. The summed E-state index contributed by atoms with van der Waals surface area (Å²) in [6, 6.07) is 5.35. The van der Waals surface area contributed by atoms with Gasteiger partial charge in [0, 0.05) is 27.5 Å². The molecule has 0 radical (unpaired) electrons. The van der Waals surface area contributed by atoms with Gasteiger partial charge in [0.1, 0.15) is 5.01 Å². The summed E-state index contributed by atoms with van der Waals surface area (Å²) in [5, 5.41) is 3.05. The van der Waals surface area contributed by atoms with E-state index in [1.54, 1.807) is 20.3 Å². The molecular formula is C17H14ClNO3S3. The summed E-state index contributed by atoms with van der Waals surface area (Å²) in [7, 11) is 3.14. The highest BCUT2D eigenvalue weighted by molar-refractivity contribution is 7.97. The van der Waals surface area contributed by atoms with E-state index in [0.29, 0.717) is 21.4 Å². The molecule has 0 N–H and O–H groups in total. The summed E-state index contributed by atoms with van der Waals surface area (Å²) in [5.41, 5.74) is 2.45. The van der Waals surface area contributed by atoms with E-state index in [9.17, 15) is 4.79 Å². The Hall–Kier alpha value is -1.54. The number of carbonyl (C=O) groups excluding carboxylic acids is 1. The Morgan fingerprint density at radius 3 is 2.44 bits per heavy atom. The zero-order chi connectivity index (χ0) is 18.1. The Labute approximate surface area is 163 Å². The fourth-order valence-corrected chi connectivity index (χ4v) is 4.64. The van der Waals surface area contributed by atoms with Crippen molar-refractivity contribution in [1.82, 2.24) is 4.98 Å². The van der Waals surface area contributed by atoms with Crippen LogP contribution in [0.1, 0.15) is 14.5 Å². The molecular weight excluding hydrogens is 398 g/mol. The summed E-state index contributed by atoms with van der Waals surface area (Å²) in [5.74, 6) is 1.16. The van der Waals surface area contributed by atoms with Crippen LogP contribution in [0.5, 0.6) is 11.5 Å². The van der Waals surface area contributed by atoms with Crippen LogP contribution in [0.25, 0.3) is 21.8 Å². The van der Waals surface area contributed by atoms with E-state index in [-0.39, 0.29) is 5.12 Å².